The summed E-state index contributed by atoms with van der Waals surface area (Å²) in [4.78, 5) is 37.4. The number of rotatable bonds is 53. The predicted molar refractivity (Wildman–Crippen MR) is 281 cm³/mol. The fraction of sp³-hybridized carbons (Fsp3) is 0.879. The quantitative estimate of drug-likeness (QED) is 0.0211. The van der Waals surface area contributed by atoms with Gasteiger partial charge in [0.05, 0.1) is 34.4 Å². The number of carbonyl (C=O) groups is 3. The molecule has 2 atom stereocenters. The Bertz CT molecular complexity index is 1150. The number of allylic oxidation sites excluding steroid dienone is 4. The highest BCUT2D eigenvalue weighted by Gasteiger charge is 2.25. The second-order valence-electron chi connectivity index (χ2n) is 20.6. The van der Waals surface area contributed by atoms with Crippen molar-refractivity contribution in [1.29, 1.82) is 0 Å². The maximum atomic E-state index is 12.9. The topological polar surface area (TPSA) is 108 Å². The van der Waals surface area contributed by atoms with Crippen molar-refractivity contribution >= 4 is 17.9 Å². The van der Waals surface area contributed by atoms with Gasteiger partial charge in [0.1, 0.15) is 13.2 Å². The van der Waals surface area contributed by atoms with Gasteiger partial charge in [-0.2, -0.15) is 0 Å². The van der Waals surface area contributed by atoms with E-state index >= 15 is 0 Å². The van der Waals surface area contributed by atoms with Crippen molar-refractivity contribution in [3.63, 3.8) is 0 Å². The normalized spacial score (nSPS) is 12.9. The Kier molecular flexibility index (Phi) is 48.5. The molecule has 0 aromatic rings. The third-order valence-corrected chi connectivity index (χ3v) is 12.7. The second-order valence-corrected chi connectivity index (χ2v) is 20.6. The number of unbranched alkanes of at least 4 members (excludes halogenated alkanes) is 34. The fourth-order valence-electron chi connectivity index (χ4n) is 8.28. The van der Waals surface area contributed by atoms with E-state index in [4.69, 9.17) is 18.9 Å². The second kappa shape index (κ2) is 50.2. The van der Waals surface area contributed by atoms with Crippen LogP contribution >= 0.6 is 0 Å². The average molecular weight is 950 g/mol. The number of esters is 2. The lowest BCUT2D eigenvalue weighted by Gasteiger charge is -2.25. The molecular formula is C58H110NO8+. The predicted octanol–water partition coefficient (Wildman–Crippen LogP) is 16.3. The maximum Gasteiger partial charge on any atom is 0.361 e. The third kappa shape index (κ3) is 51.4. The first-order valence-corrected chi connectivity index (χ1v) is 28.5. The van der Waals surface area contributed by atoms with Crippen molar-refractivity contribution in [1.82, 2.24) is 0 Å². The van der Waals surface area contributed by atoms with Crippen LogP contribution in [-0.4, -0.2) is 87.4 Å². The van der Waals surface area contributed by atoms with Crippen LogP contribution < -0.4 is 0 Å². The Morgan fingerprint density at radius 2 is 0.806 bits per heavy atom. The Morgan fingerprint density at radius 1 is 0.448 bits per heavy atom. The highest BCUT2D eigenvalue weighted by molar-refractivity contribution is 5.71. The summed E-state index contributed by atoms with van der Waals surface area (Å²) < 4.78 is 22.9. The number of carbonyl (C=O) groups excluding carboxylic acids is 2. The van der Waals surface area contributed by atoms with Gasteiger partial charge < -0.3 is 28.5 Å². The molecule has 0 heterocycles. The van der Waals surface area contributed by atoms with Crippen LogP contribution in [0.2, 0.25) is 0 Å². The molecule has 0 radical (unpaired) electrons. The van der Waals surface area contributed by atoms with E-state index in [1.54, 1.807) is 0 Å². The molecule has 9 heteroatoms. The van der Waals surface area contributed by atoms with Crippen LogP contribution in [0.15, 0.2) is 24.3 Å². The van der Waals surface area contributed by atoms with Crippen LogP contribution in [0.1, 0.15) is 271 Å². The number of carboxylic acid groups (broad SMARTS) is 1. The van der Waals surface area contributed by atoms with E-state index in [-0.39, 0.29) is 32.2 Å². The van der Waals surface area contributed by atoms with Gasteiger partial charge in [-0.05, 0) is 44.9 Å². The molecule has 0 rings (SSSR count). The minimum absolute atomic E-state index is 0.177. The fourth-order valence-corrected chi connectivity index (χ4v) is 8.28. The Morgan fingerprint density at radius 3 is 1.18 bits per heavy atom. The van der Waals surface area contributed by atoms with Gasteiger partial charge in [-0.25, -0.2) is 4.79 Å². The molecule has 0 aromatic heterocycles. The lowest BCUT2D eigenvalue weighted by Crippen LogP contribution is -2.40. The van der Waals surface area contributed by atoms with Gasteiger partial charge in [0, 0.05) is 12.8 Å². The maximum absolute atomic E-state index is 12.9. The summed E-state index contributed by atoms with van der Waals surface area (Å²) in [5, 5.41) is 9.69. The Hall–Kier alpha value is -2.23. The minimum atomic E-state index is -1.51. The zero-order valence-corrected chi connectivity index (χ0v) is 44.8. The van der Waals surface area contributed by atoms with E-state index in [1.807, 2.05) is 21.1 Å². The molecule has 0 bridgehead atoms. The molecule has 0 saturated carbocycles. The molecule has 9 nitrogen and oxygen atoms in total. The zero-order valence-electron chi connectivity index (χ0n) is 44.8. The summed E-state index contributed by atoms with van der Waals surface area (Å²) in [6.07, 6.45) is 55.3. The average Bonchev–Trinajstić information content (AvgIpc) is 3.29. The van der Waals surface area contributed by atoms with Crippen LogP contribution in [0.5, 0.6) is 0 Å². The van der Waals surface area contributed by atoms with Crippen molar-refractivity contribution in [3.8, 4) is 0 Å². The van der Waals surface area contributed by atoms with Crippen LogP contribution in [0.25, 0.3) is 0 Å². The first-order valence-electron chi connectivity index (χ1n) is 28.5. The number of likely N-dealkylation sites (N-methyl/N-ethyl adjacent to an activating group) is 1. The number of nitrogens with zero attached hydrogens (tertiary/aromatic N) is 1. The molecular weight excluding hydrogens is 839 g/mol. The van der Waals surface area contributed by atoms with Crippen LogP contribution in [-0.2, 0) is 33.3 Å². The monoisotopic (exact) mass is 949 g/mol. The molecule has 0 aliphatic rings. The van der Waals surface area contributed by atoms with E-state index in [1.165, 1.54) is 199 Å². The number of hydrogen-bond donors (Lipinski definition) is 1. The van der Waals surface area contributed by atoms with Crippen LogP contribution in [0.4, 0.5) is 0 Å². The summed E-state index contributed by atoms with van der Waals surface area (Å²) in [5.74, 6) is -1.99. The summed E-state index contributed by atoms with van der Waals surface area (Å²) in [5.41, 5.74) is 0. The van der Waals surface area contributed by atoms with E-state index in [2.05, 4.69) is 38.2 Å². The van der Waals surface area contributed by atoms with Gasteiger partial charge in [0.2, 0.25) is 0 Å². The molecule has 0 aliphatic heterocycles. The number of carboxylic acids is 1. The van der Waals surface area contributed by atoms with Crippen molar-refractivity contribution in [2.75, 3.05) is 47.5 Å². The first-order chi connectivity index (χ1) is 32.6. The number of ether oxygens (including phenoxy) is 4. The molecule has 0 saturated heterocycles. The number of hydrogen-bond acceptors (Lipinski definition) is 7. The molecule has 0 spiro atoms. The van der Waals surface area contributed by atoms with E-state index in [0.717, 1.165) is 44.9 Å². The van der Waals surface area contributed by atoms with Gasteiger partial charge in [0.25, 0.3) is 6.29 Å². The smallest absolute Gasteiger partial charge is 0.361 e. The summed E-state index contributed by atoms with van der Waals surface area (Å²) >= 11 is 0. The van der Waals surface area contributed by atoms with Crippen LogP contribution in [0.3, 0.4) is 0 Å². The van der Waals surface area contributed by atoms with Gasteiger partial charge >= 0.3 is 17.9 Å². The molecule has 394 valence electrons. The van der Waals surface area contributed by atoms with Crippen molar-refractivity contribution in [2.24, 2.45) is 0 Å². The number of aliphatic carboxylic acids is 1. The largest absolute Gasteiger partial charge is 0.477 e. The summed E-state index contributed by atoms with van der Waals surface area (Å²) in [6, 6.07) is 0. The zero-order chi connectivity index (χ0) is 49.2. The molecule has 0 amide bonds. The summed E-state index contributed by atoms with van der Waals surface area (Å²) in [6.45, 7) is 4.91. The van der Waals surface area contributed by atoms with Crippen LogP contribution in [0, 0.1) is 0 Å². The lowest BCUT2D eigenvalue weighted by atomic mass is 10.0. The minimum Gasteiger partial charge on any atom is -0.477 e. The molecule has 2 unspecified atom stereocenters. The van der Waals surface area contributed by atoms with Gasteiger partial charge in [-0.15, -0.1) is 0 Å². The Labute approximate surface area is 414 Å². The third-order valence-electron chi connectivity index (χ3n) is 12.7. The van der Waals surface area contributed by atoms with E-state index in [0.29, 0.717) is 17.4 Å². The van der Waals surface area contributed by atoms with Crippen molar-refractivity contribution < 1.29 is 42.9 Å². The highest BCUT2D eigenvalue weighted by atomic mass is 16.7. The molecule has 1 N–H and O–H groups in total. The molecule has 0 aliphatic carbocycles. The first kappa shape index (κ1) is 64.8. The SMILES string of the molecule is CCCCCCC/C=C\C/C=C\CCCCCCCCCCCCCCCC(=O)OC(COC(=O)CCCCCCCCCCCCCCCCCCC)COC(OCC[N+](C)(C)C)C(=O)O. The van der Waals surface area contributed by atoms with Gasteiger partial charge in [-0.3, -0.25) is 9.59 Å². The summed E-state index contributed by atoms with van der Waals surface area (Å²) in [7, 11) is 5.97. The van der Waals surface area contributed by atoms with Gasteiger partial charge in [-0.1, -0.05) is 237 Å². The van der Waals surface area contributed by atoms with Crippen molar-refractivity contribution in [3.05, 3.63) is 24.3 Å². The highest BCUT2D eigenvalue weighted by Crippen LogP contribution is 2.17. The number of quaternary nitrogens is 1. The molecule has 0 aromatic carbocycles. The lowest BCUT2D eigenvalue weighted by molar-refractivity contribution is -0.870. The molecule has 0 fully saturated rings. The van der Waals surface area contributed by atoms with Crippen molar-refractivity contribution in [2.45, 2.75) is 283 Å². The van der Waals surface area contributed by atoms with E-state index < -0.39 is 24.3 Å². The Balaban J connectivity index is 4.22. The standard InChI is InChI=1S/C58H109NO8/c1-6-8-10-12-14-16-18-20-22-24-25-26-27-28-29-30-31-33-35-37-39-41-43-45-47-49-56(61)67-54(53-66-58(57(62)63)64-51-50-59(3,4)5)52-65-55(60)48-46-44-42-40-38-36-34-32-23-21-19-17-15-13-11-9-7-2/h18,20,24-25,54,58H,6-17,19,21-23,26-53H2,1-5H3/p+1/b20-18-,25-24-. The van der Waals surface area contributed by atoms with Gasteiger partial charge in [0.15, 0.2) is 6.10 Å². The van der Waals surface area contributed by atoms with E-state index in [9.17, 15) is 19.5 Å². The molecule has 67 heavy (non-hydrogen) atoms.